The van der Waals surface area contributed by atoms with Gasteiger partial charge in [0, 0.05) is 25.4 Å². The minimum Gasteiger partial charge on any atom is -0.479 e. The summed E-state index contributed by atoms with van der Waals surface area (Å²) in [5.74, 6) is 0.522. The lowest BCUT2D eigenvalue weighted by Crippen LogP contribution is -2.33. The first-order valence-corrected chi connectivity index (χ1v) is 13.5. The largest absolute Gasteiger partial charge is 0.479 e. The van der Waals surface area contributed by atoms with Gasteiger partial charge in [0.2, 0.25) is 27.7 Å². The van der Waals surface area contributed by atoms with Crippen molar-refractivity contribution in [3.8, 4) is 17.4 Å². The molecule has 0 aliphatic carbocycles. The number of hydrogen-bond acceptors (Lipinski definition) is 12. The van der Waals surface area contributed by atoms with Gasteiger partial charge in [0.15, 0.2) is 11.5 Å². The summed E-state index contributed by atoms with van der Waals surface area (Å²) in [6, 6.07) is 0. The van der Waals surface area contributed by atoms with E-state index in [1.165, 1.54) is 51.5 Å². The standard InChI is InChI=1S/C22H29ClN8O6S/c1-12(16(34-4)17-24-8-14(23)9-25-17)38(32,33)30-21-29-28-18(13-7-22(2,3)37-10-13)31(21)15-19(35-5)26-11-27-20(15)36-6/h8-9,11-13,16H,7,10H2,1-6H3,(H,29,30)/t12?,13-,16?/m1/s1. The summed E-state index contributed by atoms with van der Waals surface area (Å²) in [5.41, 5.74) is -0.168. The van der Waals surface area contributed by atoms with E-state index in [9.17, 15) is 8.42 Å². The van der Waals surface area contributed by atoms with Crippen molar-refractivity contribution in [1.82, 2.24) is 34.7 Å². The molecule has 0 spiro atoms. The Bertz CT molecular complexity index is 1360. The maximum absolute atomic E-state index is 13.6. The fourth-order valence-corrected chi connectivity index (χ4v) is 5.48. The van der Waals surface area contributed by atoms with Gasteiger partial charge in [-0.1, -0.05) is 11.6 Å². The Kier molecular flexibility index (Phi) is 8.01. The zero-order chi connectivity index (χ0) is 27.7. The first-order valence-electron chi connectivity index (χ1n) is 11.6. The second kappa shape index (κ2) is 10.9. The number of aromatic nitrogens is 7. The molecular weight excluding hydrogens is 540 g/mol. The lowest BCUT2D eigenvalue weighted by molar-refractivity contribution is 0.0360. The minimum atomic E-state index is -4.15. The van der Waals surface area contributed by atoms with Crippen molar-refractivity contribution in [2.24, 2.45) is 0 Å². The molecule has 0 saturated carbocycles. The van der Waals surface area contributed by atoms with Crippen molar-refractivity contribution >= 4 is 27.6 Å². The molecule has 2 unspecified atom stereocenters. The highest BCUT2D eigenvalue weighted by atomic mass is 35.5. The minimum absolute atomic E-state index is 0.116. The fraction of sp³-hybridized carbons (Fsp3) is 0.545. The van der Waals surface area contributed by atoms with Gasteiger partial charge in [0.25, 0.3) is 0 Å². The van der Waals surface area contributed by atoms with Crippen LogP contribution in [0.25, 0.3) is 5.69 Å². The summed E-state index contributed by atoms with van der Waals surface area (Å²) in [4.78, 5) is 16.6. The van der Waals surface area contributed by atoms with Gasteiger partial charge < -0.3 is 18.9 Å². The summed E-state index contributed by atoms with van der Waals surface area (Å²) >= 11 is 5.88. The molecule has 1 aliphatic heterocycles. The monoisotopic (exact) mass is 568 g/mol. The Morgan fingerprint density at radius 1 is 1.11 bits per heavy atom. The molecular formula is C22H29ClN8O6S. The normalized spacial score (nSPS) is 18.7. The summed E-state index contributed by atoms with van der Waals surface area (Å²) < 4.78 is 53.5. The van der Waals surface area contributed by atoms with Gasteiger partial charge in [-0.2, -0.15) is 9.97 Å². The van der Waals surface area contributed by atoms with Crippen LogP contribution < -0.4 is 14.2 Å². The maximum Gasteiger partial charge on any atom is 0.245 e. The Labute approximate surface area is 225 Å². The third-order valence-electron chi connectivity index (χ3n) is 6.13. The average Bonchev–Trinajstić information content (AvgIpc) is 3.46. The molecule has 4 rings (SSSR count). The zero-order valence-corrected chi connectivity index (χ0v) is 23.3. The molecule has 3 aromatic heterocycles. The Balaban J connectivity index is 1.79. The van der Waals surface area contributed by atoms with Crippen LogP contribution in [0.15, 0.2) is 18.7 Å². The molecule has 0 radical (unpaired) electrons. The van der Waals surface area contributed by atoms with Crippen molar-refractivity contribution in [3.05, 3.63) is 35.4 Å². The number of anilines is 1. The number of methoxy groups -OCH3 is 3. The van der Waals surface area contributed by atoms with Crippen LogP contribution in [0, 0.1) is 0 Å². The number of nitrogens with one attached hydrogen (secondary N) is 1. The topological polar surface area (TPSA) is 165 Å². The number of halogens is 1. The van der Waals surface area contributed by atoms with Gasteiger partial charge in [-0.05, 0) is 27.2 Å². The Morgan fingerprint density at radius 2 is 1.74 bits per heavy atom. The third kappa shape index (κ3) is 5.50. The first kappa shape index (κ1) is 27.9. The van der Waals surface area contributed by atoms with Crippen molar-refractivity contribution in [2.75, 3.05) is 32.7 Å². The first-order chi connectivity index (χ1) is 18.0. The van der Waals surface area contributed by atoms with Crippen molar-refractivity contribution in [3.63, 3.8) is 0 Å². The molecule has 4 heterocycles. The SMILES string of the molecule is COc1ncnc(OC)c1-n1c(NS(=O)(=O)C(C)C(OC)c2ncc(Cl)cn2)nnc1[C@H]1COC(C)(C)C1. The summed E-state index contributed by atoms with van der Waals surface area (Å²) in [6.45, 7) is 5.76. The average molecular weight is 569 g/mol. The van der Waals surface area contributed by atoms with Crippen LogP contribution in [0.3, 0.4) is 0 Å². The van der Waals surface area contributed by atoms with E-state index in [1.807, 2.05) is 13.8 Å². The molecule has 0 aromatic carbocycles. The Hall–Kier alpha value is -3.14. The van der Waals surface area contributed by atoms with Gasteiger partial charge in [0.05, 0.1) is 31.5 Å². The van der Waals surface area contributed by atoms with Gasteiger partial charge in [-0.25, -0.2) is 18.4 Å². The number of sulfonamides is 1. The van der Waals surface area contributed by atoms with Crippen LogP contribution in [-0.4, -0.2) is 81.9 Å². The van der Waals surface area contributed by atoms with E-state index in [-0.39, 0.29) is 35.1 Å². The highest BCUT2D eigenvalue weighted by molar-refractivity contribution is 7.93. The zero-order valence-electron chi connectivity index (χ0n) is 21.7. The molecule has 0 bridgehead atoms. The lowest BCUT2D eigenvalue weighted by atomic mass is 9.97. The van der Waals surface area contributed by atoms with Crippen molar-refractivity contribution in [2.45, 2.75) is 50.1 Å². The van der Waals surface area contributed by atoms with Crippen molar-refractivity contribution < 1.29 is 27.4 Å². The van der Waals surface area contributed by atoms with E-state index in [0.717, 1.165) is 0 Å². The van der Waals surface area contributed by atoms with Crippen LogP contribution in [0.5, 0.6) is 11.8 Å². The molecule has 3 atom stereocenters. The van der Waals surface area contributed by atoms with Crippen LogP contribution in [0.2, 0.25) is 5.02 Å². The van der Waals surface area contributed by atoms with E-state index in [0.29, 0.717) is 23.9 Å². The summed E-state index contributed by atoms with van der Waals surface area (Å²) in [7, 11) is 0.0763. The number of rotatable bonds is 10. The molecule has 38 heavy (non-hydrogen) atoms. The van der Waals surface area contributed by atoms with Gasteiger partial charge in [0.1, 0.15) is 23.5 Å². The van der Waals surface area contributed by atoms with E-state index in [2.05, 4.69) is 34.9 Å². The second-order valence-corrected chi connectivity index (χ2v) is 11.7. The highest BCUT2D eigenvalue weighted by Gasteiger charge is 2.39. The van der Waals surface area contributed by atoms with Crippen LogP contribution in [0.4, 0.5) is 5.95 Å². The maximum atomic E-state index is 13.6. The van der Waals surface area contributed by atoms with E-state index in [4.69, 9.17) is 30.5 Å². The fourth-order valence-electron chi connectivity index (χ4n) is 4.25. The molecule has 1 fully saturated rings. The second-order valence-electron chi connectivity index (χ2n) is 9.20. The highest BCUT2D eigenvalue weighted by Crippen LogP contribution is 2.40. The quantitative estimate of drug-likeness (QED) is 0.380. The molecule has 14 nitrogen and oxygen atoms in total. The number of ether oxygens (including phenoxy) is 4. The third-order valence-corrected chi connectivity index (χ3v) is 8.02. The predicted octanol–water partition coefficient (Wildman–Crippen LogP) is 2.32. The Morgan fingerprint density at radius 3 is 2.26 bits per heavy atom. The molecule has 1 aliphatic rings. The smallest absolute Gasteiger partial charge is 0.245 e. The lowest BCUT2D eigenvalue weighted by Gasteiger charge is -2.23. The summed E-state index contributed by atoms with van der Waals surface area (Å²) in [6.07, 6.45) is 3.62. The van der Waals surface area contributed by atoms with Crippen LogP contribution in [0.1, 0.15) is 50.9 Å². The molecule has 1 saturated heterocycles. The van der Waals surface area contributed by atoms with Gasteiger partial charge >= 0.3 is 0 Å². The van der Waals surface area contributed by atoms with Gasteiger partial charge in [-0.15, -0.1) is 10.2 Å². The number of hydrogen-bond donors (Lipinski definition) is 1. The summed E-state index contributed by atoms with van der Waals surface area (Å²) in [5, 5.41) is 7.68. The van der Waals surface area contributed by atoms with Crippen LogP contribution in [-0.2, 0) is 19.5 Å². The van der Waals surface area contributed by atoms with E-state index >= 15 is 0 Å². The van der Waals surface area contributed by atoms with Crippen molar-refractivity contribution in [1.29, 1.82) is 0 Å². The van der Waals surface area contributed by atoms with Gasteiger partial charge in [-0.3, -0.25) is 9.29 Å². The number of nitrogens with zero attached hydrogens (tertiary/aromatic N) is 7. The molecule has 206 valence electrons. The molecule has 16 heteroatoms. The van der Waals surface area contributed by atoms with Crippen LogP contribution >= 0.6 is 11.6 Å². The molecule has 1 N–H and O–H groups in total. The molecule has 3 aromatic rings. The predicted molar refractivity (Wildman–Crippen MR) is 136 cm³/mol. The van der Waals surface area contributed by atoms with E-state index in [1.54, 1.807) is 0 Å². The molecule has 0 amide bonds. The van der Waals surface area contributed by atoms with E-state index < -0.39 is 27.0 Å².